The monoisotopic (exact) mass is 222 g/mol. The molecule has 0 saturated carbocycles. The Morgan fingerprint density at radius 2 is 2.50 bits per heavy atom. The average Bonchev–Trinajstić information content (AvgIpc) is 2.84. The molecular formula is C10H14N4O2. The SMILES string of the molecule is Cc1nc(CNC(=O)C2C=CC(N)C2)no1. The van der Waals surface area contributed by atoms with Crippen molar-refractivity contribution in [1.29, 1.82) is 0 Å². The van der Waals surface area contributed by atoms with Crippen molar-refractivity contribution in [3.05, 3.63) is 23.9 Å². The zero-order chi connectivity index (χ0) is 11.5. The van der Waals surface area contributed by atoms with Gasteiger partial charge in [-0.2, -0.15) is 4.98 Å². The fourth-order valence-corrected chi connectivity index (χ4v) is 1.63. The van der Waals surface area contributed by atoms with Crippen LogP contribution >= 0.6 is 0 Å². The topological polar surface area (TPSA) is 94.0 Å². The van der Waals surface area contributed by atoms with Gasteiger partial charge >= 0.3 is 0 Å². The number of carbonyl (C=O) groups excluding carboxylic acids is 1. The normalized spacial score (nSPS) is 23.6. The number of aryl methyl sites for hydroxylation is 1. The molecule has 1 aliphatic rings. The highest BCUT2D eigenvalue weighted by Crippen LogP contribution is 2.16. The van der Waals surface area contributed by atoms with E-state index in [1.165, 1.54) is 0 Å². The largest absolute Gasteiger partial charge is 0.348 e. The molecule has 0 spiro atoms. The molecule has 2 rings (SSSR count). The van der Waals surface area contributed by atoms with E-state index in [1.54, 1.807) is 6.92 Å². The van der Waals surface area contributed by atoms with Gasteiger partial charge in [0.1, 0.15) is 0 Å². The summed E-state index contributed by atoms with van der Waals surface area (Å²) in [5, 5.41) is 6.43. The van der Waals surface area contributed by atoms with Gasteiger partial charge in [-0.15, -0.1) is 0 Å². The van der Waals surface area contributed by atoms with Gasteiger partial charge in [-0.25, -0.2) is 0 Å². The number of hydrogen-bond acceptors (Lipinski definition) is 5. The Hall–Kier alpha value is -1.69. The molecule has 6 nitrogen and oxygen atoms in total. The van der Waals surface area contributed by atoms with E-state index in [2.05, 4.69) is 15.5 Å². The molecule has 2 atom stereocenters. The van der Waals surface area contributed by atoms with E-state index in [0.29, 0.717) is 18.1 Å². The van der Waals surface area contributed by atoms with Crippen LogP contribution in [0.25, 0.3) is 0 Å². The molecule has 86 valence electrons. The number of carbonyl (C=O) groups is 1. The lowest BCUT2D eigenvalue weighted by atomic mass is 10.1. The summed E-state index contributed by atoms with van der Waals surface area (Å²) in [6, 6.07) is -0.0110. The Labute approximate surface area is 92.9 Å². The molecule has 0 bridgehead atoms. The number of aromatic nitrogens is 2. The lowest BCUT2D eigenvalue weighted by Crippen LogP contribution is -2.30. The first-order chi connectivity index (χ1) is 7.65. The molecule has 3 N–H and O–H groups in total. The fraction of sp³-hybridized carbons (Fsp3) is 0.500. The lowest BCUT2D eigenvalue weighted by molar-refractivity contribution is -0.123. The summed E-state index contributed by atoms with van der Waals surface area (Å²) in [6.45, 7) is 1.99. The first-order valence-corrected chi connectivity index (χ1v) is 5.16. The van der Waals surface area contributed by atoms with E-state index in [1.807, 2.05) is 12.2 Å². The Balaban J connectivity index is 1.82. The lowest BCUT2D eigenvalue weighted by Gasteiger charge is -2.08. The Morgan fingerprint density at radius 1 is 1.69 bits per heavy atom. The van der Waals surface area contributed by atoms with Crippen LogP contribution in [0.3, 0.4) is 0 Å². The van der Waals surface area contributed by atoms with Gasteiger partial charge in [-0.3, -0.25) is 4.79 Å². The molecule has 0 fully saturated rings. The predicted molar refractivity (Wildman–Crippen MR) is 56.1 cm³/mol. The minimum Gasteiger partial charge on any atom is -0.348 e. The molecule has 0 saturated heterocycles. The highest BCUT2D eigenvalue weighted by Gasteiger charge is 2.22. The maximum atomic E-state index is 11.7. The van der Waals surface area contributed by atoms with Crippen LogP contribution in [-0.2, 0) is 11.3 Å². The van der Waals surface area contributed by atoms with E-state index < -0.39 is 0 Å². The summed E-state index contributed by atoms with van der Waals surface area (Å²) in [6.07, 6.45) is 4.35. The summed E-state index contributed by atoms with van der Waals surface area (Å²) >= 11 is 0. The predicted octanol–water partition coefficient (Wildman–Crippen LogP) is -0.102. The highest BCUT2D eigenvalue weighted by atomic mass is 16.5. The van der Waals surface area contributed by atoms with Gasteiger partial charge in [-0.1, -0.05) is 17.3 Å². The van der Waals surface area contributed by atoms with E-state index in [4.69, 9.17) is 10.3 Å². The molecule has 1 heterocycles. The van der Waals surface area contributed by atoms with Crippen molar-refractivity contribution in [2.24, 2.45) is 11.7 Å². The van der Waals surface area contributed by atoms with E-state index in [9.17, 15) is 4.79 Å². The zero-order valence-electron chi connectivity index (χ0n) is 9.01. The molecule has 0 aromatic carbocycles. The Bertz CT molecular complexity index is 413. The van der Waals surface area contributed by atoms with Crippen LogP contribution < -0.4 is 11.1 Å². The molecule has 1 aromatic heterocycles. The Kier molecular flexibility index (Phi) is 3.00. The van der Waals surface area contributed by atoms with Gasteiger partial charge in [0.15, 0.2) is 5.82 Å². The molecule has 16 heavy (non-hydrogen) atoms. The van der Waals surface area contributed by atoms with Gasteiger partial charge in [-0.05, 0) is 6.42 Å². The van der Waals surface area contributed by atoms with Crippen molar-refractivity contribution >= 4 is 5.91 Å². The van der Waals surface area contributed by atoms with Gasteiger partial charge in [0.05, 0.1) is 12.5 Å². The average molecular weight is 222 g/mol. The van der Waals surface area contributed by atoms with Gasteiger partial charge in [0.25, 0.3) is 0 Å². The van der Waals surface area contributed by atoms with Crippen LogP contribution in [0.2, 0.25) is 0 Å². The molecule has 1 aliphatic carbocycles. The Morgan fingerprint density at radius 3 is 3.06 bits per heavy atom. The molecule has 2 unspecified atom stereocenters. The van der Waals surface area contributed by atoms with Crippen molar-refractivity contribution in [3.8, 4) is 0 Å². The summed E-state index contributed by atoms with van der Waals surface area (Å²) in [4.78, 5) is 15.7. The van der Waals surface area contributed by atoms with Crippen LogP contribution in [0.5, 0.6) is 0 Å². The van der Waals surface area contributed by atoms with Crippen molar-refractivity contribution in [1.82, 2.24) is 15.5 Å². The first-order valence-electron chi connectivity index (χ1n) is 5.16. The second kappa shape index (κ2) is 4.44. The van der Waals surface area contributed by atoms with Crippen LogP contribution in [0.4, 0.5) is 0 Å². The van der Waals surface area contributed by atoms with Crippen LogP contribution in [0.15, 0.2) is 16.7 Å². The zero-order valence-corrected chi connectivity index (χ0v) is 9.01. The summed E-state index contributed by atoms with van der Waals surface area (Å²) < 4.78 is 4.79. The van der Waals surface area contributed by atoms with Crippen molar-refractivity contribution in [2.45, 2.75) is 25.9 Å². The standard InChI is InChI=1S/C10H14N4O2/c1-6-13-9(14-16-6)5-12-10(15)7-2-3-8(11)4-7/h2-3,7-8H,4-5,11H2,1H3,(H,12,15). The minimum atomic E-state index is -0.136. The van der Waals surface area contributed by atoms with Gasteiger partial charge in [0.2, 0.25) is 11.8 Å². The van der Waals surface area contributed by atoms with Crippen molar-refractivity contribution < 1.29 is 9.32 Å². The van der Waals surface area contributed by atoms with Crippen LogP contribution in [0, 0.1) is 12.8 Å². The number of nitrogens with two attached hydrogens (primary N) is 1. The van der Waals surface area contributed by atoms with E-state index in [-0.39, 0.29) is 24.4 Å². The second-order valence-corrected chi connectivity index (χ2v) is 3.84. The highest BCUT2D eigenvalue weighted by molar-refractivity contribution is 5.80. The molecule has 1 aromatic rings. The first kappa shape index (κ1) is 10.8. The number of amides is 1. The van der Waals surface area contributed by atoms with Crippen LogP contribution in [0.1, 0.15) is 18.1 Å². The number of nitrogens with zero attached hydrogens (tertiary/aromatic N) is 2. The quantitative estimate of drug-likeness (QED) is 0.696. The fourth-order valence-electron chi connectivity index (χ4n) is 1.63. The maximum absolute atomic E-state index is 11.7. The summed E-state index contributed by atoms with van der Waals surface area (Å²) in [5.41, 5.74) is 5.67. The van der Waals surface area contributed by atoms with Crippen molar-refractivity contribution in [3.63, 3.8) is 0 Å². The molecule has 6 heteroatoms. The number of nitrogens with one attached hydrogen (secondary N) is 1. The second-order valence-electron chi connectivity index (χ2n) is 3.84. The molecule has 0 radical (unpaired) electrons. The maximum Gasteiger partial charge on any atom is 0.227 e. The summed E-state index contributed by atoms with van der Waals surface area (Å²) in [7, 11) is 0. The van der Waals surface area contributed by atoms with Crippen LogP contribution in [-0.4, -0.2) is 22.1 Å². The third-order valence-electron chi connectivity index (χ3n) is 2.44. The third kappa shape index (κ3) is 2.46. The summed E-state index contributed by atoms with van der Waals surface area (Å²) in [5.74, 6) is 0.791. The smallest absolute Gasteiger partial charge is 0.227 e. The number of hydrogen-bond donors (Lipinski definition) is 2. The molecule has 1 amide bonds. The minimum absolute atomic E-state index is 0.0110. The van der Waals surface area contributed by atoms with Crippen molar-refractivity contribution in [2.75, 3.05) is 0 Å². The molecule has 0 aliphatic heterocycles. The number of rotatable bonds is 3. The van der Waals surface area contributed by atoms with Gasteiger partial charge < -0.3 is 15.6 Å². The van der Waals surface area contributed by atoms with E-state index >= 15 is 0 Å². The molecular weight excluding hydrogens is 208 g/mol. The third-order valence-corrected chi connectivity index (χ3v) is 2.44. The van der Waals surface area contributed by atoms with E-state index in [0.717, 1.165) is 0 Å². The van der Waals surface area contributed by atoms with Gasteiger partial charge in [0, 0.05) is 13.0 Å².